The van der Waals surface area contributed by atoms with Gasteiger partial charge in [0.15, 0.2) is 33.4 Å². The van der Waals surface area contributed by atoms with Crippen molar-refractivity contribution in [3.8, 4) is 22.3 Å². The van der Waals surface area contributed by atoms with Crippen LogP contribution < -0.4 is 43.0 Å². The molecule has 0 amide bonds. The van der Waals surface area contributed by atoms with Crippen LogP contribution in [0.2, 0.25) is 0 Å². The van der Waals surface area contributed by atoms with Crippen LogP contribution >= 0.6 is 23.5 Å². The van der Waals surface area contributed by atoms with E-state index in [-0.39, 0.29) is 138 Å². The first kappa shape index (κ1) is 91.9. The van der Waals surface area contributed by atoms with Gasteiger partial charge in [0.25, 0.3) is 92.1 Å². The van der Waals surface area contributed by atoms with Gasteiger partial charge in [-0.25, -0.2) is 0 Å². The van der Waals surface area contributed by atoms with Gasteiger partial charge in [0.05, 0.1) is 88.7 Å². The highest BCUT2D eigenvalue weighted by Gasteiger charge is 2.39. The first-order valence-corrected chi connectivity index (χ1v) is 50.1. The Hall–Kier alpha value is -12.3. The molecule has 128 heavy (non-hydrogen) atoms. The van der Waals surface area contributed by atoms with Gasteiger partial charge in [-0.05, 0) is 96.8 Å². The van der Waals surface area contributed by atoms with E-state index in [1.54, 1.807) is 0 Å². The first-order chi connectivity index (χ1) is 59.8. The van der Waals surface area contributed by atoms with Gasteiger partial charge >= 0.3 is 0 Å². The minimum atomic E-state index is -5.64. The molecule has 14 N–H and O–H groups in total. The fraction of sp³-hybridized carbons (Fsp3) is 0.135. The van der Waals surface area contributed by atoms with Crippen LogP contribution in [-0.2, 0) is 95.0 Å². The first-order valence-electron chi connectivity index (χ1n) is 36.2. The third-order valence-electron chi connectivity index (χ3n) is 19.5. The molecule has 0 fully saturated rings. The van der Waals surface area contributed by atoms with Crippen LogP contribution in [0.15, 0.2) is 195 Å². The van der Waals surface area contributed by atoms with Crippen molar-refractivity contribution in [2.24, 2.45) is 14.1 Å². The lowest BCUT2D eigenvalue weighted by molar-refractivity contribution is 0.102. The van der Waals surface area contributed by atoms with Gasteiger partial charge in [-0.1, -0.05) is 96.3 Å². The Bertz CT molecular complexity index is 7560. The number of anilines is 10. The number of rotatable bonds is 33. The molecule has 8 aromatic carbocycles. The van der Waals surface area contributed by atoms with Crippen molar-refractivity contribution in [1.29, 1.82) is 0 Å². The molecule has 0 saturated carbocycles. The summed E-state index contributed by atoms with van der Waals surface area (Å²) in [6.45, 7) is -0.716. The maximum atomic E-state index is 15.0. The largest absolute Gasteiger partial charge is 0.354 e. The van der Waals surface area contributed by atoms with E-state index in [0.717, 1.165) is 81.2 Å². The molecule has 12 aromatic rings. The van der Waals surface area contributed by atoms with Gasteiger partial charge in [-0.15, -0.1) is 0 Å². The predicted molar refractivity (Wildman–Crippen MR) is 461 cm³/mol. The molecule has 0 atom stereocenters. The number of thioether (sulfide) groups is 2. The lowest BCUT2D eigenvalue weighted by Crippen LogP contribution is -2.29. The molecule has 14 rings (SSSR count). The van der Waals surface area contributed by atoms with Crippen LogP contribution in [0.3, 0.4) is 0 Å². The number of hydrogen-bond donors (Lipinski definition) is 14. The number of aryl methyl sites for hydroxylation is 2. The highest BCUT2D eigenvalue weighted by molar-refractivity contribution is 7.99. The van der Waals surface area contributed by atoms with Crippen LogP contribution in [0.25, 0.3) is 44.1 Å². The number of benzene rings is 8. The Morgan fingerprint density at radius 1 is 0.352 bits per heavy atom. The van der Waals surface area contributed by atoms with Gasteiger partial charge in [0, 0.05) is 82.8 Å². The van der Waals surface area contributed by atoms with Crippen LogP contribution in [0, 0.1) is 0 Å². The van der Waals surface area contributed by atoms with Gasteiger partial charge in [-0.3, -0.25) is 65.2 Å². The van der Waals surface area contributed by atoms with Crippen LogP contribution in [0.4, 0.5) is 57.9 Å². The number of nitrogens with zero attached hydrogens (tertiary/aromatic N) is 8. The van der Waals surface area contributed by atoms with Gasteiger partial charge in [0.2, 0.25) is 23.8 Å². The summed E-state index contributed by atoms with van der Waals surface area (Å²) in [4.78, 5) is 108. The van der Waals surface area contributed by atoms with E-state index < -0.39 is 225 Å². The van der Waals surface area contributed by atoms with E-state index in [2.05, 4.69) is 61.8 Å². The second kappa shape index (κ2) is 34.3. The highest BCUT2D eigenvalue weighted by Crippen LogP contribution is 2.48. The Kier molecular flexibility index (Phi) is 24.7. The van der Waals surface area contributed by atoms with E-state index in [1.807, 2.05) is 0 Å². The van der Waals surface area contributed by atoms with Gasteiger partial charge < -0.3 is 41.0 Å². The number of nitrogens with one attached hydrogen (secondary N) is 6. The van der Waals surface area contributed by atoms with Crippen LogP contribution in [0.1, 0.15) is 76.5 Å². The molecular weight excluding hydrogens is 1890 g/mol. The van der Waals surface area contributed by atoms with Gasteiger partial charge in [0.1, 0.15) is 19.6 Å². The van der Waals surface area contributed by atoms with Crippen molar-refractivity contribution in [3.05, 3.63) is 211 Å². The van der Waals surface area contributed by atoms with Crippen molar-refractivity contribution in [2.45, 2.75) is 52.5 Å². The maximum Gasteiger partial charge on any atom is 0.296 e. The number of pyridine rings is 2. The van der Waals surface area contributed by atoms with Crippen molar-refractivity contribution < 1.29 is 123 Å². The van der Waals surface area contributed by atoms with E-state index in [4.69, 9.17) is 0 Å². The summed E-state index contributed by atoms with van der Waals surface area (Å²) in [5.41, 5.74) is -9.19. The minimum absolute atomic E-state index is 0.0138. The molecule has 4 aromatic heterocycles. The third kappa shape index (κ3) is 19.1. The average molecular weight is 1950 g/mol. The molecule has 4 heterocycles. The molecule has 0 spiro atoms. The van der Waals surface area contributed by atoms with Crippen molar-refractivity contribution >= 4 is 207 Å². The van der Waals surface area contributed by atoms with Crippen LogP contribution in [-0.4, -0.2) is 202 Å². The quantitative estimate of drug-likeness (QED) is 0.00826. The number of carbonyl (C=O) groups is 4. The second-order valence-corrected chi connectivity index (χ2v) is 41.5. The van der Waals surface area contributed by atoms with E-state index >= 15 is 0 Å². The van der Waals surface area contributed by atoms with E-state index in [0.29, 0.717) is 12.1 Å². The molecule has 2 aliphatic carbocycles. The molecule has 44 nitrogen and oxygen atoms in total. The fourth-order valence-electron chi connectivity index (χ4n) is 14.0. The van der Waals surface area contributed by atoms with Crippen molar-refractivity contribution in [2.75, 3.05) is 68.0 Å². The number of fused-ring (bicyclic) bond motifs is 4. The zero-order valence-electron chi connectivity index (χ0n) is 64.7. The predicted octanol–water partition coefficient (Wildman–Crippen LogP) is 7.36. The molecule has 0 bridgehead atoms. The summed E-state index contributed by atoms with van der Waals surface area (Å²) in [6.07, 6.45) is -0.505. The Morgan fingerprint density at radius 2 is 0.680 bits per heavy atom. The average Bonchev–Trinajstić information content (AvgIpc) is 0.710. The topological polar surface area (TPSA) is 697 Å². The van der Waals surface area contributed by atoms with E-state index in [1.165, 1.54) is 86.9 Å². The maximum absolute atomic E-state index is 15.0. The minimum Gasteiger partial charge on any atom is -0.354 e. The standard InChI is InChI=1S/C74H60N14O30S10/c1-87-49-21-19-43(57-59(49)55(39-15-3-5-17-41(39)65(57)91)61(67(87)93)63(89)35-11-7-13-37(29-35)123(101,102)103)77-45-31-47(53(127(113,114)115)33-51(45)125(107,108)109)79-71-81-69(83-73(85-71)119-25-9-27-121(95,96)97)75-23-24-76-70-82-72(86-74(84-70)120-26-10-28-122(98,99)100)80-48-32-46(52(126(110,111)112)34-54(48)128(116,117)118)78-44-20-22-50-60-56(40-16-4-6-18-42(40)66(92)58(44)60)62(68(94)88(50)2)64(90)36-12-8-14-38(30-36)124(104,105)106/h3-8,11-22,29-34,77-78H,9-10,23-28H2,1-2H3,(H,95,96,97)(H,98,99,100)(H,101,102,103)(H,104,105,106)(H,107,108,109)(H,110,111,112)(H,113,114,115)(H,116,117,118)(H2,75,79,81,83,85)(H2,76,80,82,84,86). The zero-order valence-corrected chi connectivity index (χ0v) is 72.9. The number of aromatic nitrogens is 8. The zero-order chi connectivity index (χ0) is 92.8. The summed E-state index contributed by atoms with van der Waals surface area (Å²) < 4.78 is 288. The van der Waals surface area contributed by atoms with Crippen molar-refractivity contribution in [1.82, 2.24) is 39.0 Å². The number of ketones is 4. The summed E-state index contributed by atoms with van der Waals surface area (Å²) in [5, 5.41) is 15.3. The Balaban J connectivity index is 0.809. The van der Waals surface area contributed by atoms with E-state index in [9.17, 15) is 133 Å². The smallest absolute Gasteiger partial charge is 0.296 e. The third-order valence-corrected chi connectivity index (χ3v) is 28.2. The summed E-state index contributed by atoms with van der Waals surface area (Å²) in [5.74, 6) is -7.95. The summed E-state index contributed by atoms with van der Waals surface area (Å²) in [6, 6.07) is 26.3. The molecule has 54 heteroatoms. The van der Waals surface area contributed by atoms with Gasteiger partial charge in [-0.2, -0.15) is 97.2 Å². The Morgan fingerprint density at radius 3 is 1.01 bits per heavy atom. The second-order valence-electron chi connectivity index (χ2n) is 27.9. The fourth-order valence-corrected chi connectivity index (χ4v) is 20.8. The molecule has 2 aliphatic rings. The molecule has 0 unspecified atom stereocenters. The SMILES string of the molecule is Cn1c(=O)c(C(=O)c2cccc(S(=O)(=O)O)c2)c2c3c(c(Nc4cc(Nc5nc(NCCNc6nc(Nc7cc(Nc8ccc9c%10c8C(=O)c8ccccc8-c%10c(C(=O)c8cccc(S(=O)(=O)O)c8)c(=O)n9C)c(S(=O)(=O)O)cc7S(=O)(=O)O)nc(SCCCS(=O)(=O)O)n6)nc(SCCCS(=O)(=O)O)n5)c(S(=O)(=O)O)cc4S(=O)(=O)O)ccc31)C(=O)c1ccccc1-2. The highest BCUT2D eigenvalue weighted by atomic mass is 32.3. The molecule has 666 valence electrons. The molecule has 0 saturated heterocycles. The molecule has 0 aliphatic heterocycles. The van der Waals surface area contributed by atoms with Crippen molar-refractivity contribution in [3.63, 3.8) is 0 Å². The molecular formula is C74H60N14O30S10. The Labute approximate surface area is 731 Å². The number of carbonyl (C=O) groups excluding carboxylic acids is 4. The lowest BCUT2D eigenvalue weighted by Gasteiger charge is -2.26. The lowest BCUT2D eigenvalue weighted by atomic mass is 9.80. The monoisotopic (exact) mass is 1940 g/mol. The number of hydrogen-bond acceptors (Lipinski definition) is 36. The summed E-state index contributed by atoms with van der Waals surface area (Å²) >= 11 is 1.44. The molecule has 0 radical (unpaired) electrons. The van der Waals surface area contributed by atoms with Crippen LogP contribution in [0.5, 0.6) is 0 Å². The summed E-state index contributed by atoms with van der Waals surface area (Å²) in [7, 11) is -39.0. The normalized spacial score (nSPS) is 13.0.